The maximum Gasteiger partial charge on any atom is 0.488 e. The van der Waals surface area contributed by atoms with Gasteiger partial charge in [-0.05, 0) is 41.9 Å². The van der Waals surface area contributed by atoms with Gasteiger partial charge in [0, 0.05) is 0 Å². The van der Waals surface area contributed by atoms with Gasteiger partial charge < -0.3 is 10.0 Å². The normalized spacial score (nSPS) is 15.9. The summed E-state index contributed by atoms with van der Waals surface area (Å²) in [7, 11) is -1.49. The predicted molar refractivity (Wildman–Crippen MR) is 48.2 cm³/mol. The van der Waals surface area contributed by atoms with Crippen molar-refractivity contribution in [2.45, 2.75) is 18.8 Å². The van der Waals surface area contributed by atoms with Crippen LogP contribution in [0.5, 0.6) is 0 Å². The molecule has 1 aliphatic carbocycles. The van der Waals surface area contributed by atoms with Crippen LogP contribution in [0.15, 0.2) is 18.2 Å². The highest BCUT2D eigenvalue weighted by Gasteiger charge is 2.29. The molecule has 0 aromatic heterocycles. The van der Waals surface area contributed by atoms with Crippen LogP contribution in [0.4, 0.5) is 4.39 Å². The Labute approximate surface area is 76.2 Å². The molecule has 2 rings (SSSR count). The molecule has 0 heterocycles. The molecule has 0 unspecified atom stereocenters. The monoisotopic (exact) mass is 180 g/mol. The molecule has 1 aliphatic rings. The van der Waals surface area contributed by atoms with Gasteiger partial charge in [0.1, 0.15) is 5.82 Å². The lowest BCUT2D eigenvalue weighted by Crippen LogP contribution is -2.32. The third-order valence-electron chi connectivity index (χ3n) is 2.34. The van der Waals surface area contributed by atoms with Gasteiger partial charge in [-0.1, -0.05) is 6.07 Å². The first-order valence-electron chi connectivity index (χ1n) is 4.34. The van der Waals surface area contributed by atoms with Crippen LogP contribution in [-0.2, 0) is 0 Å². The minimum absolute atomic E-state index is 0.314. The molecule has 0 radical (unpaired) electrons. The Hall–Kier alpha value is -0.865. The van der Waals surface area contributed by atoms with Crippen molar-refractivity contribution in [3.05, 3.63) is 29.6 Å². The van der Waals surface area contributed by atoms with Crippen LogP contribution in [0.2, 0.25) is 0 Å². The van der Waals surface area contributed by atoms with Crippen molar-refractivity contribution < 1.29 is 14.4 Å². The van der Waals surface area contributed by atoms with Crippen molar-refractivity contribution in [1.29, 1.82) is 0 Å². The summed E-state index contributed by atoms with van der Waals surface area (Å²) >= 11 is 0. The highest BCUT2D eigenvalue weighted by Crippen LogP contribution is 2.39. The van der Waals surface area contributed by atoms with E-state index in [9.17, 15) is 4.39 Å². The van der Waals surface area contributed by atoms with Crippen molar-refractivity contribution in [2.75, 3.05) is 0 Å². The van der Waals surface area contributed by atoms with Crippen molar-refractivity contribution in [2.24, 2.45) is 0 Å². The fourth-order valence-electron chi connectivity index (χ4n) is 1.53. The maximum atomic E-state index is 12.8. The smallest absolute Gasteiger partial charge is 0.423 e. The van der Waals surface area contributed by atoms with Crippen molar-refractivity contribution in [1.82, 2.24) is 0 Å². The van der Waals surface area contributed by atoms with Crippen LogP contribution in [0, 0.1) is 5.82 Å². The summed E-state index contributed by atoms with van der Waals surface area (Å²) in [6.45, 7) is 0. The first-order valence-corrected chi connectivity index (χ1v) is 4.34. The van der Waals surface area contributed by atoms with Gasteiger partial charge in [-0.25, -0.2) is 4.39 Å². The number of halogens is 1. The lowest BCUT2D eigenvalue weighted by atomic mass is 9.76. The number of hydrogen-bond acceptors (Lipinski definition) is 2. The molecular formula is C9H10BFO2. The molecule has 1 saturated carbocycles. The number of rotatable bonds is 2. The molecule has 0 spiro atoms. The van der Waals surface area contributed by atoms with Gasteiger partial charge in [0.25, 0.3) is 0 Å². The van der Waals surface area contributed by atoms with E-state index in [1.807, 2.05) is 0 Å². The SMILES string of the molecule is OB(O)c1ccc(F)cc1C1CC1. The molecule has 13 heavy (non-hydrogen) atoms. The van der Waals surface area contributed by atoms with Crippen molar-refractivity contribution in [3.8, 4) is 0 Å². The minimum atomic E-state index is -1.49. The van der Waals surface area contributed by atoms with Crippen LogP contribution < -0.4 is 5.46 Å². The van der Waals surface area contributed by atoms with E-state index < -0.39 is 7.12 Å². The summed E-state index contributed by atoms with van der Waals surface area (Å²) in [5.74, 6) is 0.0128. The van der Waals surface area contributed by atoms with Crippen LogP contribution in [0.25, 0.3) is 0 Å². The second kappa shape index (κ2) is 3.12. The Morgan fingerprint density at radius 2 is 2.00 bits per heavy atom. The van der Waals surface area contributed by atoms with Gasteiger partial charge in [0.15, 0.2) is 0 Å². The van der Waals surface area contributed by atoms with E-state index in [-0.39, 0.29) is 5.82 Å². The molecule has 1 fully saturated rings. The molecule has 0 aliphatic heterocycles. The Balaban J connectivity index is 2.42. The highest BCUT2D eigenvalue weighted by atomic mass is 19.1. The van der Waals surface area contributed by atoms with E-state index in [4.69, 9.17) is 10.0 Å². The fourth-order valence-corrected chi connectivity index (χ4v) is 1.53. The first kappa shape index (κ1) is 8.72. The van der Waals surface area contributed by atoms with Gasteiger partial charge in [0.05, 0.1) is 0 Å². The second-order valence-electron chi connectivity index (χ2n) is 3.42. The summed E-state index contributed by atoms with van der Waals surface area (Å²) < 4.78 is 12.8. The average molecular weight is 180 g/mol. The van der Waals surface area contributed by atoms with E-state index in [1.165, 1.54) is 18.2 Å². The standard InChI is InChI=1S/C9H10BFO2/c11-7-3-4-9(10(12)13)8(5-7)6-1-2-6/h3-6,12-13H,1-2H2. The minimum Gasteiger partial charge on any atom is -0.423 e. The third kappa shape index (κ3) is 1.74. The molecule has 0 saturated heterocycles. The van der Waals surface area contributed by atoms with E-state index in [0.717, 1.165) is 18.4 Å². The lowest BCUT2D eigenvalue weighted by molar-refractivity contribution is 0.425. The zero-order valence-electron chi connectivity index (χ0n) is 7.07. The Morgan fingerprint density at radius 1 is 1.31 bits per heavy atom. The predicted octanol–water partition coefficient (Wildman–Crippen LogP) is 0.383. The molecule has 4 heteroatoms. The van der Waals surface area contributed by atoms with Gasteiger partial charge in [-0.15, -0.1) is 0 Å². The van der Waals surface area contributed by atoms with E-state index in [0.29, 0.717) is 11.4 Å². The highest BCUT2D eigenvalue weighted by molar-refractivity contribution is 6.59. The second-order valence-corrected chi connectivity index (χ2v) is 3.42. The largest absolute Gasteiger partial charge is 0.488 e. The molecule has 2 N–H and O–H groups in total. The molecule has 0 atom stereocenters. The Morgan fingerprint density at radius 3 is 2.54 bits per heavy atom. The van der Waals surface area contributed by atoms with Crippen LogP contribution >= 0.6 is 0 Å². The third-order valence-corrected chi connectivity index (χ3v) is 2.34. The molecular weight excluding hydrogens is 170 g/mol. The van der Waals surface area contributed by atoms with Crippen LogP contribution in [-0.4, -0.2) is 17.2 Å². The zero-order chi connectivity index (χ0) is 9.42. The van der Waals surface area contributed by atoms with Crippen LogP contribution in [0.3, 0.4) is 0 Å². The van der Waals surface area contributed by atoms with E-state index >= 15 is 0 Å². The molecule has 0 bridgehead atoms. The summed E-state index contributed by atoms with van der Waals surface area (Å²) in [6, 6.07) is 4.08. The summed E-state index contributed by atoms with van der Waals surface area (Å²) in [4.78, 5) is 0. The summed E-state index contributed by atoms with van der Waals surface area (Å²) in [5, 5.41) is 18.0. The average Bonchev–Trinajstić information content (AvgIpc) is 2.85. The Bertz CT molecular complexity index is 323. The molecule has 2 nitrogen and oxygen atoms in total. The quantitative estimate of drug-likeness (QED) is 0.646. The zero-order valence-corrected chi connectivity index (χ0v) is 7.07. The van der Waals surface area contributed by atoms with E-state index in [1.54, 1.807) is 0 Å². The fraction of sp³-hybridized carbons (Fsp3) is 0.333. The molecule has 68 valence electrons. The maximum absolute atomic E-state index is 12.8. The summed E-state index contributed by atoms with van der Waals surface area (Å²) in [5.41, 5.74) is 1.18. The lowest BCUT2D eigenvalue weighted by Gasteiger charge is -2.06. The summed E-state index contributed by atoms with van der Waals surface area (Å²) in [6.07, 6.45) is 2.03. The molecule has 1 aromatic rings. The topological polar surface area (TPSA) is 40.5 Å². The molecule has 1 aromatic carbocycles. The van der Waals surface area contributed by atoms with Gasteiger partial charge >= 0.3 is 7.12 Å². The van der Waals surface area contributed by atoms with Crippen LogP contribution in [0.1, 0.15) is 24.3 Å². The van der Waals surface area contributed by atoms with Gasteiger partial charge in [-0.2, -0.15) is 0 Å². The van der Waals surface area contributed by atoms with Crippen molar-refractivity contribution in [3.63, 3.8) is 0 Å². The number of hydrogen-bond donors (Lipinski definition) is 2. The Kier molecular flexibility index (Phi) is 2.10. The van der Waals surface area contributed by atoms with Crippen molar-refractivity contribution >= 4 is 12.6 Å². The number of benzene rings is 1. The molecule has 0 amide bonds. The first-order chi connectivity index (χ1) is 6.18. The van der Waals surface area contributed by atoms with E-state index in [2.05, 4.69) is 0 Å². The van der Waals surface area contributed by atoms with Gasteiger partial charge in [0.2, 0.25) is 0 Å². The van der Waals surface area contributed by atoms with Gasteiger partial charge in [-0.3, -0.25) is 0 Å².